The molecule has 3 N–H and O–H groups in total. The Kier molecular flexibility index (Phi) is 3.58. The maximum absolute atomic E-state index is 10.7. The van der Waals surface area contributed by atoms with Crippen LogP contribution in [0.15, 0.2) is 52.3 Å². The van der Waals surface area contributed by atoms with E-state index in [1.807, 2.05) is 37.3 Å². The number of hydrogen-bond donors (Lipinski definition) is 2. The number of nitrogen functional groups attached to an aromatic ring is 1. The van der Waals surface area contributed by atoms with E-state index >= 15 is 0 Å². The third-order valence-electron chi connectivity index (χ3n) is 2.53. The van der Waals surface area contributed by atoms with E-state index in [-0.39, 0.29) is 0 Å². The van der Waals surface area contributed by atoms with Crippen LogP contribution < -0.4 is 5.73 Å². The largest absolute Gasteiger partial charge is 0.478 e. The predicted octanol–water partition coefficient (Wildman–Crippen LogP) is 3.43. The van der Waals surface area contributed by atoms with Gasteiger partial charge in [-0.15, -0.1) is 0 Å². The summed E-state index contributed by atoms with van der Waals surface area (Å²) in [5.41, 5.74) is 7.86. The van der Waals surface area contributed by atoms with Crippen molar-refractivity contribution in [2.45, 2.75) is 16.7 Å². The van der Waals surface area contributed by atoms with Gasteiger partial charge < -0.3 is 10.8 Å². The Morgan fingerprint density at radius 3 is 2.39 bits per heavy atom. The van der Waals surface area contributed by atoms with Gasteiger partial charge >= 0.3 is 5.97 Å². The van der Waals surface area contributed by atoms with Crippen molar-refractivity contribution in [3.05, 3.63) is 53.6 Å². The molecule has 0 amide bonds. The van der Waals surface area contributed by atoms with Gasteiger partial charge in [-0.3, -0.25) is 0 Å². The summed E-state index contributed by atoms with van der Waals surface area (Å²) in [6.07, 6.45) is 0. The average Bonchev–Trinajstić information content (AvgIpc) is 2.33. The van der Waals surface area contributed by atoms with Crippen molar-refractivity contribution in [3.63, 3.8) is 0 Å². The number of carboxylic acids is 1. The fourth-order valence-corrected chi connectivity index (χ4v) is 2.46. The Morgan fingerprint density at radius 1 is 1.17 bits per heavy atom. The zero-order valence-electron chi connectivity index (χ0n) is 9.88. The van der Waals surface area contributed by atoms with Crippen molar-refractivity contribution in [1.29, 1.82) is 0 Å². The lowest BCUT2D eigenvalue weighted by atomic mass is 10.2. The second-order valence-electron chi connectivity index (χ2n) is 3.96. The van der Waals surface area contributed by atoms with Gasteiger partial charge in [0.15, 0.2) is 0 Å². The third-order valence-corrected chi connectivity index (χ3v) is 3.71. The van der Waals surface area contributed by atoms with Gasteiger partial charge in [-0.05, 0) is 55.0 Å². The molecule has 3 nitrogen and oxygen atoms in total. The van der Waals surface area contributed by atoms with Crippen LogP contribution in [0.5, 0.6) is 0 Å². The van der Waals surface area contributed by atoms with Crippen LogP contribution in [-0.2, 0) is 0 Å². The molecule has 0 aromatic heterocycles. The standard InChI is InChI=1S/C14H13NO2S/c1-9-8-11(15)4-7-13(9)18-12-5-2-10(3-6-12)14(16)17/h2-8H,15H2,1H3,(H,16,17). The van der Waals surface area contributed by atoms with Crippen molar-refractivity contribution >= 4 is 23.4 Å². The van der Waals surface area contributed by atoms with E-state index in [4.69, 9.17) is 10.8 Å². The molecule has 92 valence electrons. The van der Waals surface area contributed by atoms with E-state index < -0.39 is 5.97 Å². The molecule has 4 heteroatoms. The van der Waals surface area contributed by atoms with Crippen LogP contribution in [0.4, 0.5) is 5.69 Å². The number of aromatic carboxylic acids is 1. The van der Waals surface area contributed by atoms with Crippen LogP contribution in [0.1, 0.15) is 15.9 Å². The number of aryl methyl sites for hydroxylation is 1. The topological polar surface area (TPSA) is 63.3 Å². The van der Waals surface area contributed by atoms with Gasteiger partial charge in [0.2, 0.25) is 0 Å². The number of hydrogen-bond acceptors (Lipinski definition) is 3. The van der Waals surface area contributed by atoms with Crippen LogP contribution in [-0.4, -0.2) is 11.1 Å². The van der Waals surface area contributed by atoms with E-state index in [2.05, 4.69) is 0 Å². The van der Waals surface area contributed by atoms with E-state index in [0.717, 1.165) is 21.0 Å². The van der Waals surface area contributed by atoms with Crippen LogP contribution >= 0.6 is 11.8 Å². The van der Waals surface area contributed by atoms with Gasteiger partial charge in [0.05, 0.1) is 5.56 Å². The number of carbonyl (C=O) groups is 1. The van der Waals surface area contributed by atoms with Gasteiger partial charge in [0.1, 0.15) is 0 Å². The molecule has 0 atom stereocenters. The summed E-state index contributed by atoms with van der Waals surface area (Å²) < 4.78 is 0. The first-order valence-electron chi connectivity index (χ1n) is 5.43. The predicted molar refractivity (Wildman–Crippen MR) is 73.1 cm³/mol. The molecule has 2 aromatic rings. The minimum absolute atomic E-state index is 0.299. The molecule has 0 spiro atoms. The molecule has 0 aliphatic rings. The van der Waals surface area contributed by atoms with Gasteiger partial charge in [-0.25, -0.2) is 4.79 Å². The monoisotopic (exact) mass is 259 g/mol. The molecule has 2 rings (SSSR count). The molecule has 0 bridgehead atoms. The molecule has 18 heavy (non-hydrogen) atoms. The Hall–Kier alpha value is -1.94. The summed E-state index contributed by atoms with van der Waals surface area (Å²) in [4.78, 5) is 12.9. The van der Waals surface area contributed by atoms with Gasteiger partial charge in [-0.1, -0.05) is 11.8 Å². The van der Waals surface area contributed by atoms with E-state index in [1.165, 1.54) is 0 Å². The number of carboxylic acid groups (broad SMARTS) is 1. The molecule has 0 aliphatic carbocycles. The highest BCUT2D eigenvalue weighted by atomic mass is 32.2. The van der Waals surface area contributed by atoms with Gasteiger partial charge in [0.25, 0.3) is 0 Å². The number of benzene rings is 2. The second-order valence-corrected chi connectivity index (χ2v) is 5.07. The SMILES string of the molecule is Cc1cc(N)ccc1Sc1ccc(C(=O)O)cc1. The molecule has 0 unspecified atom stereocenters. The number of nitrogens with two attached hydrogens (primary N) is 1. The normalized spacial score (nSPS) is 10.3. The summed E-state index contributed by atoms with van der Waals surface area (Å²) >= 11 is 1.59. The Balaban J connectivity index is 2.21. The zero-order valence-corrected chi connectivity index (χ0v) is 10.7. The van der Waals surface area contributed by atoms with Gasteiger partial charge in [0, 0.05) is 15.5 Å². The highest BCUT2D eigenvalue weighted by Gasteiger charge is 2.04. The molecule has 2 aromatic carbocycles. The first-order chi connectivity index (χ1) is 8.56. The summed E-state index contributed by atoms with van der Waals surface area (Å²) in [5.74, 6) is -0.907. The summed E-state index contributed by atoms with van der Waals surface area (Å²) in [7, 11) is 0. The fraction of sp³-hybridized carbons (Fsp3) is 0.0714. The summed E-state index contributed by atoms with van der Waals surface area (Å²) in [6, 6.07) is 12.6. The smallest absolute Gasteiger partial charge is 0.335 e. The molecular formula is C14H13NO2S. The second kappa shape index (κ2) is 5.14. The van der Waals surface area contributed by atoms with Crippen molar-refractivity contribution in [2.75, 3.05) is 5.73 Å². The van der Waals surface area contributed by atoms with Crippen molar-refractivity contribution < 1.29 is 9.90 Å². The molecule has 0 radical (unpaired) electrons. The molecule has 0 saturated heterocycles. The lowest BCUT2D eigenvalue weighted by molar-refractivity contribution is 0.0697. The highest BCUT2D eigenvalue weighted by molar-refractivity contribution is 7.99. The lowest BCUT2D eigenvalue weighted by Gasteiger charge is -2.06. The first kappa shape index (κ1) is 12.5. The minimum Gasteiger partial charge on any atom is -0.478 e. The molecule has 0 fully saturated rings. The summed E-state index contributed by atoms with van der Waals surface area (Å²) in [5, 5.41) is 8.82. The average molecular weight is 259 g/mol. The van der Waals surface area contributed by atoms with Crippen LogP contribution in [0.25, 0.3) is 0 Å². The van der Waals surface area contributed by atoms with Gasteiger partial charge in [-0.2, -0.15) is 0 Å². The minimum atomic E-state index is -0.907. The van der Waals surface area contributed by atoms with Crippen molar-refractivity contribution in [3.8, 4) is 0 Å². The Bertz CT molecular complexity index is 579. The van der Waals surface area contributed by atoms with E-state index in [1.54, 1.807) is 23.9 Å². The third kappa shape index (κ3) is 2.84. The molecule has 0 aliphatic heterocycles. The molecule has 0 heterocycles. The van der Waals surface area contributed by atoms with E-state index in [0.29, 0.717) is 5.56 Å². The maximum Gasteiger partial charge on any atom is 0.335 e. The zero-order chi connectivity index (χ0) is 13.1. The van der Waals surface area contributed by atoms with Crippen molar-refractivity contribution in [1.82, 2.24) is 0 Å². The molecule has 0 saturated carbocycles. The van der Waals surface area contributed by atoms with Crippen LogP contribution in [0, 0.1) is 6.92 Å². The van der Waals surface area contributed by atoms with Crippen LogP contribution in [0.2, 0.25) is 0 Å². The van der Waals surface area contributed by atoms with Crippen LogP contribution in [0.3, 0.4) is 0 Å². The highest BCUT2D eigenvalue weighted by Crippen LogP contribution is 2.31. The number of anilines is 1. The Morgan fingerprint density at radius 2 is 1.83 bits per heavy atom. The number of rotatable bonds is 3. The quantitative estimate of drug-likeness (QED) is 0.829. The van der Waals surface area contributed by atoms with Crippen molar-refractivity contribution in [2.24, 2.45) is 0 Å². The van der Waals surface area contributed by atoms with E-state index in [9.17, 15) is 4.79 Å². The lowest BCUT2D eigenvalue weighted by Crippen LogP contribution is -1.94. The maximum atomic E-state index is 10.7. The fourth-order valence-electron chi connectivity index (χ4n) is 1.58. The first-order valence-corrected chi connectivity index (χ1v) is 6.25. The Labute approximate surface area is 110 Å². The summed E-state index contributed by atoms with van der Waals surface area (Å²) in [6.45, 7) is 2.00. The molecular weight excluding hydrogens is 246 g/mol.